The van der Waals surface area contributed by atoms with Crippen molar-refractivity contribution in [2.45, 2.75) is 33.8 Å². The van der Waals surface area contributed by atoms with Crippen molar-refractivity contribution in [2.75, 3.05) is 5.73 Å². The molecule has 1 aromatic heterocycles. The molecule has 1 aliphatic heterocycles. The van der Waals surface area contributed by atoms with E-state index in [1.165, 1.54) is 12.3 Å². The number of anilines is 1. The first-order chi connectivity index (χ1) is 11.8. The van der Waals surface area contributed by atoms with Crippen molar-refractivity contribution >= 4 is 23.2 Å². The van der Waals surface area contributed by atoms with Crippen LogP contribution in [0.1, 0.15) is 55.7 Å². The van der Waals surface area contributed by atoms with Gasteiger partial charge in [0, 0.05) is 5.56 Å². The molecule has 0 radical (unpaired) electrons. The Hall–Kier alpha value is -3.02. The zero-order valence-corrected chi connectivity index (χ0v) is 14.3. The molecular weight excluding hydrogens is 322 g/mol. The van der Waals surface area contributed by atoms with Crippen molar-refractivity contribution in [2.24, 2.45) is 0 Å². The predicted octanol–water partition coefficient (Wildman–Crippen LogP) is 3.49. The number of nitrogens with two attached hydrogens (primary N) is 1. The van der Waals surface area contributed by atoms with E-state index in [-0.39, 0.29) is 12.2 Å². The molecule has 0 spiro atoms. The number of carboxylic acids is 1. The third-order valence-electron chi connectivity index (χ3n) is 4.78. The molecule has 1 aromatic carbocycles. The van der Waals surface area contributed by atoms with E-state index in [0.29, 0.717) is 29.0 Å². The number of rotatable bonds is 4. The quantitative estimate of drug-likeness (QED) is 0.652. The lowest BCUT2D eigenvalue weighted by molar-refractivity contribution is 0.0535. The van der Waals surface area contributed by atoms with Gasteiger partial charge in [0.1, 0.15) is 17.9 Å². The zero-order chi connectivity index (χ0) is 18.3. The first-order valence-electron chi connectivity index (χ1n) is 7.88. The lowest BCUT2D eigenvalue weighted by atomic mass is 9.90. The van der Waals surface area contributed by atoms with Crippen molar-refractivity contribution < 1.29 is 23.8 Å². The van der Waals surface area contributed by atoms with Gasteiger partial charge in [-0.2, -0.15) is 0 Å². The third kappa shape index (κ3) is 2.69. The number of fused-ring (bicyclic) bond motifs is 1. The van der Waals surface area contributed by atoms with Crippen LogP contribution in [0.4, 0.5) is 5.69 Å². The summed E-state index contributed by atoms with van der Waals surface area (Å²) in [6, 6.07) is 1.42. The molecule has 130 valence electrons. The van der Waals surface area contributed by atoms with Gasteiger partial charge < -0.3 is 20.0 Å². The Bertz CT molecular complexity index is 920. The minimum absolute atomic E-state index is 0.118. The van der Waals surface area contributed by atoms with Crippen molar-refractivity contribution in [1.82, 2.24) is 0 Å². The Balaban J connectivity index is 2.00. The molecule has 0 aliphatic carbocycles. The van der Waals surface area contributed by atoms with Crippen molar-refractivity contribution in [3.8, 4) is 0 Å². The van der Waals surface area contributed by atoms with E-state index in [9.17, 15) is 14.7 Å². The number of nitrogen functional groups attached to an aromatic ring is 1. The van der Waals surface area contributed by atoms with Crippen LogP contribution >= 0.6 is 0 Å². The average molecular weight is 341 g/mol. The molecular formula is C19H19NO5. The number of benzene rings is 1. The second-order valence-corrected chi connectivity index (χ2v) is 6.13. The molecule has 2 heterocycles. The van der Waals surface area contributed by atoms with E-state index in [1.807, 2.05) is 19.9 Å². The Labute approximate surface area is 144 Å². The van der Waals surface area contributed by atoms with E-state index in [2.05, 4.69) is 0 Å². The monoisotopic (exact) mass is 341 g/mol. The number of cyclic esters (lactones) is 1. The van der Waals surface area contributed by atoms with Crippen LogP contribution in [0.3, 0.4) is 0 Å². The number of allylic oxidation sites excluding steroid dienone is 2. The summed E-state index contributed by atoms with van der Waals surface area (Å²) < 4.78 is 10.4. The van der Waals surface area contributed by atoms with Crippen molar-refractivity contribution in [3.63, 3.8) is 0 Å². The van der Waals surface area contributed by atoms with Crippen LogP contribution in [0.5, 0.6) is 0 Å². The predicted molar refractivity (Wildman–Crippen MR) is 92.5 cm³/mol. The number of ether oxygens (including phenoxy) is 1. The van der Waals surface area contributed by atoms with Crippen LogP contribution in [0.25, 0.3) is 5.57 Å². The van der Waals surface area contributed by atoms with Gasteiger partial charge in [0.05, 0.1) is 17.5 Å². The Morgan fingerprint density at radius 3 is 2.76 bits per heavy atom. The lowest BCUT2D eigenvalue weighted by Crippen LogP contribution is -2.08. The fourth-order valence-electron chi connectivity index (χ4n) is 3.17. The molecule has 0 bridgehead atoms. The zero-order valence-electron chi connectivity index (χ0n) is 14.3. The molecule has 0 saturated carbocycles. The summed E-state index contributed by atoms with van der Waals surface area (Å²) in [7, 11) is 0. The average Bonchev–Trinajstić information content (AvgIpc) is 3.19. The number of carboxylic acid groups (broad SMARTS) is 1. The van der Waals surface area contributed by atoms with Crippen LogP contribution in [0.15, 0.2) is 22.8 Å². The largest absolute Gasteiger partial charge is 0.478 e. The fourth-order valence-corrected chi connectivity index (χ4v) is 3.17. The van der Waals surface area contributed by atoms with Crippen LogP contribution in [0, 0.1) is 13.8 Å². The Kier molecular flexibility index (Phi) is 4.12. The second-order valence-electron chi connectivity index (χ2n) is 6.13. The molecule has 0 amide bonds. The number of hydrogen-bond donors (Lipinski definition) is 2. The number of carbonyl (C=O) groups excluding carboxylic acids is 1. The van der Waals surface area contributed by atoms with E-state index < -0.39 is 11.9 Å². The molecule has 2 aromatic rings. The number of hydrogen-bond acceptors (Lipinski definition) is 5. The lowest BCUT2D eigenvalue weighted by Gasteiger charge is -2.15. The van der Waals surface area contributed by atoms with E-state index in [1.54, 1.807) is 6.92 Å². The summed E-state index contributed by atoms with van der Waals surface area (Å²) in [5.74, 6) is -1.11. The highest BCUT2D eigenvalue weighted by Gasteiger charge is 2.29. The summed E-state index contributed by atoms with van der Waals surface area (Å²) in [5, 5.41) is 9.19. The molecule has 1 aliphatic rings. The van der Waals surface area contributed by atoms with Crippen LogP contribution in [-0.4, -0.2) is 17.0 Å². The molecule has 0 atom stereocenters. The number of aromatic carboxylic acids is 1. The molecule has 0 fully saturated rings. The molecule has 6 nitrogen and oxygen atoms in total. The van der Waals surface area contributed by atoms with Crippen LogP contribution < -0.4 is 5.73 Å². The maximum absolute atomic E-state index is 11.9. The van der Waals surface area contributed by atoms with E-state index in [0.717, 1.165) is 22.3 Å². The van der Waals surface area contributed by atoms with Gasteiger partial charge >= 0.3 is 11.9 Å². The van der Waals surface area contributed by atoms with Gasteiger partial charge in [-0.25, -0.2) is 9.59 Å². The summed E-state index contributed by atoms with van der Waals surface area (Å²) in [5.41, 5.74) is 11.6. The van der Waals surface area contributed by atoms with Crippen molar-refractivity contribution in [3.05, 3.63) is 57.5 Å². The summed E-state index contributed by atoms with van der Waals surface area (Å²) in [6.45, 7) is 5.95. The highest BCUT2D eigenvalue weighted by molar-refractivity contribution is 6.00. The number of furan rings is 1. The summed E-state index contributed by atoms with van der Waals surface area (Å²) >= 11 is 0. The van der Waals surface area contributed by atoms with Crippen molar-refractivity contribution in [1.29, 1.82) is 0 Å². The highest BCUT2D eigenvalue weighted by atomic mass is 16.5. The smallest absolute Gasteiger partial charge is 0.341 e. The van der Waals surface area contributed by atoms with Gasteiger partial charge in [-0.3, -0.25) is 0 Å². The minimum Gasteiger partial charge on any atom is -0.478 e. The SMILES string of the molecule is C/C(=C/Cc1c(C)c(C)c2c(c1N)C(=O)OC2)c1occc1C(=O)O. The van der Waals surface area contributed by atoms with Gasteiger partial charge in [-0.05, 0) is 55.5 Å². The fraction of sp³-hybridized carbons (Fsp3) is 0.263. The molecule has 25 heavy (non-hydrogen) atoms. The van der Waals surface area contributed by atoms with Crippen LogP contribution in [0.2, 0.25) is 0 Å². The Morgan fingerprint density at radius 1 is 1.36 bits per heavy atom. The third-order valence-corrected chi connectivity index (χ3v) is 4.78. The van der Waals surface area contributed by atoms with Gasteiger partial charge in [-0.1, -0.05) is 6.08 Å². The topological polar surface area (TPSA) is 103 Å². The van der Waals surface area contributed by atoms with E-state index in [4.69, 9.17) is 14.9 Å². The van der Waals surface area contributed by atoms with Crippen LogP contribution in [-0.2, 0) is 17.8 Å². The van der Waals surface area contributed by atoms with Gasteiger partial charge in [-0.15, -0.1) is 0 Å². The Morgan fingerprint density at radius 2 is 2.08 bits per heavy atom. The van der Waals surface area contributed by atoms with E-state index >= 15 is 0 Å². The molecule has 3 rings (SSSR count). The molecule has 0 saturated heterocycles. The van der Waals surface area contributed by atoms with Gasteiger partial charge in [0.2, 0.25) is 0 Å². The summed E-state index contributed by atoms with van der Waals surface area (Å²) in [6.07, 6.45) is 3.67. The minimum atomic E-state index is -1.04. The number of esters is 1. The van der Waals surface area contributed by atoms with Gasteiger partial charge in [0.15, 0.2) is 0 Å². The highest BCUT2D eigenvalue weighted by Crippen LogP contribution is 2.35. The second kappa shape index (κ2) is 6.12. The summed E-state index contributed by atoms with van der Waals surface area (Å²) in [4.78, 5) is 23.2. The first kappa shape index (κ1) is 16.8. The molecule has 6 heteroatoms. The maximum atomic E-state index is 11.9. The molecule has 3 N–H and O–H groups in total. The first-order valence-corrected chi connectivity index (χ1v) is 7.88. The standard InChI is InChI=1S/C19H19NO5/c1-9(17-13(18(21)22)6-7-24-17)4-5-12-10(2)11(3)14-8-25-19(23)15(14)16(12)20/h4,6-7H,5,8,20H2,1-3H3,(H,21,22)/b9-4-. The van der Waals surface area contributed by atoms with Gasteiger partial charge in [0.25, 0.3) is 0 Å². The molecule has 0 unspecified atom stereocenters. The normalized spacial score (nSPS) is 13.7. The maximum Gasteiger partial charge on any atom is 0.341 e. The number of carbonyl (C=O) groups is 2.